The Bertz CT molecular complexity index is 2060. The zero-order chi connectivity index (χ0) is 32.5. The molecule has 0 bridgehead atoms. The molecular weight excluding hydrogens is 605 g/mol. The van der Waals surface area contributed by atoms with Gasteiger partial charge in [-0.15, -0.1) is 0 Å². The molecule has 0 radical (unpaired) electrons. The van der Waals surface area contributed by atoms with Crippen LogP contribution in [0.15, 0.2) is 97.2 Å². The van der Waals surface area contributed by atoms with E-state index in [4.69, 9.17) is 14.7 Å². The maximum absolute atomic E-state index is 13.0. The van der Waals surface area contributed by atoms with E-state index in [9.17, 15) is 23.1 Å². The molecule has 238 valence electrons. The van der Waals surface area contributed by atoms with Crippen LogP contribution in [0, 0.1) is 5.92 Å². The van der Waals surface area contributed by atoms with E-state index in [2.05, 4.69) is 9.55 Å². The summed E-state index contributed by atoms with van der Waals surface area (Å²) in [6.07, 6.45) is -0.129. The predicted octanol–water partition coefficient (Wildman–Crippen LogP) is 8.65. The van der Waals surface area contributed by atoms with Gasteiger partial charge in [0.1, 0.15) is 23.9 Å². The third kappa shape index (κ3) is 6.40. The molecule has 1 aliphatic carbocycles. The SMILES string of the molecule is O=C(O)[C@H]1CCCC[C@H]1c1nc2cc(OCc3ccc4ccccc4n3)ccc2n1Cc1ccc(-c2ccc(C(F)(F)F)nc2)cc1. The zero-order valence-electron chi connectivity index (χ0n) is 25.3. The molecule has 0 spiro atoms. The fraction of sp³-hybridized carbons (Fsp3) is 0.243. The van der Waals surface area contributed by atoms with Gasteiger partial charge in [0, 0.05) is 35.7 Å². The molecule has 10 heteroatoms. The number of hydrogen-bond donors (Lipinski definition) is 1. The van der Waals surface area contributed by atoms with Crippen LogP contribution >= 0.6 is 0 Å². The normalized spacial score (nSPS) is 16.8. The van der Waals surface area contributed by atoms with Gasteiger partial charge in [-0.2, -0.15) is 13.2 Å². The highest BCUT2D eigenvalue weighted by Crippen LogP contribution is 2.39. The van der Waals surface area contributed by atoms with Crippen LogP contribution in [0.5, 0.6) is 5.75 Å². The molecule has 0 aliphatic heterocycles. The fourth-order valence-corrected chi connectivity index (χ4v) is 6.47. The Balaban J connectivity index is 1.18. The number of aromatic nitrogens is 4. The van der Waals surface area contributed by atoms with Crippen molar-refractivity contribution < 1.29 is 27.8 Å². The Morgan fingerprint density at radius 1 is 0.872 bits per heavy atom. The molecule has 7 nitrogen and oxygen atoms in total. The molecule has 1 N–H and O–H groups in total. The van der Waals surface area contributed by atoms with Crippen molar-refractivity contribution in [2.75, 3.05) is 0 Å². The number of carboxylic acids is 1. The van der Waals surface area contributed by atoms with Crippen molar-refractivity contribution in [3.8, 4) is 16.9 Å². The molecule has 6 aromatic rings. The van der Waals surface area contributed by atoms with Gasteiger partial charge in [0.05, 0.1) is 28.2 Å². The van der Waals surface area contributed by atoms with E-state index in [0.29, 0.717) is 29.8 Å². The number of para-hydroxylation sites is 1. The van der Waals surface area contributed by atoms with Gasteiger partial charge in [-0.05, 0) is 54.3 Å². The second-order valence-corrected chi connectivity index (χ2v) is 12.0. The maximum atomic E-state index is 13.0. The first-order valence-corrected chi connectivity index (χ1v) is 15.6. The first-order chi connectivity index (χ1) is 22.7. The molecular formula is C37H31F3N4O3. The first kappa shape index (κ1) is 30.4. The summed E-state index contributed by atoms with van der Waals surface area (Å²) in [4.78, 5) is 25.6. The largest absolute Gasteiger partial charge is 0.487 e. The number of fused-ring (bicyclic) bond motifs is 2. The van der Waals surface area contributed by atoms with Crippen LogP contribution in [0.2, 0.25) is 0 Å². The first-order valence-electron chi connectivity index (χ1n) is 15.6. The quantitative estimate of drug-likeness (QED) is 0.180. The summed E-state index contributed by atoms with van der Waals surface area (Å²) in [5.41, 5.74) is 4.61. The Morgan fingerprint density at radius 3 is 2.43 bits per heavy atom. The summed E-state index contributed by atoms with van der Waals surface area (Å²) < 4.78 is 47.1. The van der Waals surface area contributed by atoms with Crippen LogP contribution in [-0.4, -0.2) is 30.6 Å². The summed E-state index contributed by atoms with van der Waals surface area (Å²) in [6.45, 7) is 0.732. The number of hydrogen-bond acceptors (Lipinski definition) is 5. The topological polar surface area (TPSA) is 90.1 Å². The van der Waals surface area contributed by atoms with Crippen LogP contribution < -0.4 is 4.74 Å². The lowest BCUT2D eigenvalue weighted by molar-refractivity contribution is -0.143. The van der Waals surface area contributed by atoms with Gasteiger partial charge >= 0.3 is 12.1 Å². The monoisotopic (exact) mass is 636 g/mol. The molecule has 1 fully saturated rings. The summed E-state index contributed by atoms with van der Waals surface area (Å²) in [6, 6.07) is 27.6. The number of carboxylic acid groups (broad SMARTS) is 1. The lowest BCUT2D eigenvalue weighted by Gasteiger charge is -2.28. The molecule has 3 aromatic heterocycles. The number of carbonyl (C=O) groups is 1. The number of pyridine rings is 2. The second-order valence-electron chi connectivity index (χ2n) is 12.0. The van der Waals surface area contributed by atoms with Crippen molar-refractivity contribution >= 4 is 27.9 Å². The van der Waals surface area contributed by atoms with E-state index in [1.807, 2.05) is 78.9 Å². The minimum absolute atomic E-state index is 0.239. The number of ether oxygens (including phenoxy) is 1. The number of rotatable bonds is 8. The van der Waals surface area contributed by atoms with Crippen molar-refractivity contribution in [1.82, 2.24) is 19.5 Å². The minimum Gasteiger partial charge on any atom is -0.487 e. The van der Waals surface area contributed by atoms with Gasteiger partial charge in [-0.3, -0.25) is 9.78 Å². The number of alkyl halides is 3. The molecule has 47 heavy (non-hydrogen) atoms. The highest BCUT2D eigenvalue weighted by molar-refractivity contribution is 5.79. The highest BCUT2D eigenvalue weighted by atomic mass is 19.4. The third-order valence-corrected chi connectivity index (χ3v) is 8.89. The highest BCUT2D eigenvalue weighted by Gasteiger charge is 2.35. The fourth-order valence-electron chi connectivity index (χ4n) is 6.47. The third-order valence-electron chi connectivity index (χ3n) is 8.89. The van der Waals surface area contributed by atoms with Gasteiger partial charge in [-0.25, -0.2) is 9.97 Å². The molecule has 1 aliphatic rings. The van der Waals surface area contributed by atoms with E-state index < -0.39 is 23.8 Å². The number of aliphatic carboxylic acids is 1. The summed E-state index contributed by atoms with van der Waals surface area (Å²) in [5.74, 6) is -0.205. The van der Waals surface area contributed by atoms with Crippen molar-refractivity contribution in [2.45, 2.75) is 50.9 Å². The average Bonchev–Trinajstić information content (AvgIpc) is 3.44. The molecule has 0 unspecified atom stereocenters. The summed E-state index contributed by atoms with van der Waals surface area (Å²) >= 11 is 0. The number of halogens is 3. The molecule has 2 atom stereocenters. The molecule has 3 heterocycles. The Kier molecular flexibility index (Phi) is 8.09. The Hall–Kier alpha value is -5.25. The lowest BCUT2D eigenvalue weighted by Crippen LogP contribution is -2.27. The molecule has 7 rings (SSSR count). The van der Waals surface area contributed by atoms with E-state index in [1.165, 1.54) is 12.3 Å². The average molecular weight is 637 g/mol. The standard InChI is InChI=1S/C37H31F3N4O3/c38-37(39,40)34-18-14-26(20-41-34)24-11-9-23(10-12-24)21-44-33-17-16-28(47-22-27-15-13-25-5-1-4-8-31(25)42-27)19-32(33)43-35(44)29-6-2-3-7-30(29)36(45)46/h1,4-5,8-20,29-30H,2-3,6-7,21-22H2,(H,45,46)/t29-,30+/m1/s1. The van der Waals surface area contributed by atoms with Gasteiger partial charge < -0.3 is 14.4 Å². The van der Waals surface area contributed by atoms with Crippen LogP contribution in [0.25, 0.3) is 33.1 Å². The van der Waals surface area contributed by atoms with E-state index in [0.717, 1.165) is 64.4 Å². The maximum Gasteiger partial charge on any atom is 0.433 e. The zero-order valence-corrected chi connectivity index (χ0v) is 25.3. The summed E-state index contributed by atoms with van der Waals surface area (Å²) in [7, 11) is 0. The van der Waals surface area contributed by atoms with Crippen LogP contribution in [-0.2, 0) is 24.1 Å². The van der Waals surface area contributed by atoms with Gasteiger partial charge in [-0.1, -0.05) is 67.4 Å². The van der Waals surface area contributed by atoms with Crippen LogP contribution in [0.1, 0.15) is 54.4 Å². The smallest absolute Gasteiger partial charge is 0.433 e. The number of imidazole rings is 1. The van der Waals surface area contributed by atoms with E-state index >= 15 is 0 Å². The number of benzene rings is 3. The Labute approximate surface area is 268 Å². The van der Waals surface area contributed by atoms with Crippen molar-refractivity contribution in [3.63, 3.8) is 0 Å². The summed E-state index contributed by atoms with van der Waals surface area (Å²) in [5, 5.41) is 11.1. The molecule has 0 saturated heterocycles. The molecule has 3 aromatic carbocycles. The van der Waals surface area contributed by atoms with Gasteiger partial charge in [0.25, 0.3) is 0 Å². The number of nitrogens with zero attached hydrogens (tertiary/aromatic N) is 4. The molecule has 1 saturated carbocycles. The van der Waals surface area contributed by atoms with Crippen molar-refractivity contribution in [3.05, 3.63) is 120 Å². The van der Waals surface area contributed by atoms with Crippen molar-refractivity contribution in [2.24, 2.45) is 5.92 Å². The van der Waals surface area contributed by atoms with Crippen molar-refractivity contribution in [1.29, 1.82) is 0 Å². The molecule has 0 amide bonds. The van der Waals surface area contributed by atoms with Crippen LogP contribution in [0.3, 0.4) is 0 Å². The van der Waals surface area contributed by atoms with E-state index in [1.54, 1.807) is 0 Å². The van der Waals surface area contributed by atoms with Crippen LogP contribution in [0.4, 0.5) is 13.2 Å². The minimum atomic E-state index is -4.49. The Morgan fingerprint density at radius 2 is 1.66 bits per heavy atom. The second kappa shape index (κ2) is 12.5. The van der Waals surface area contributed by atoms with Gasteiger partial charge in [0.15, 0.2) is 0 Å². The predicted molar refractivity (Wildman–Crippen MR) is 172 cm³/mol. The van der Waals surface area contributed by atoms with Gasteiger partial charge in [0.2, 0.25) is 0 Å². The van der Waals surface area contributed by atoms with E-state index in [-0.39, 0.29) is 12.5 Å². The lowest BCUT2D eigenvalue weighted by atomic mass is 9.78.